The van der Waals surface area contributed by atoms with Crippen LogP contribution in [0.5, 0.6) is 0 Å². The van der Waals surface area contributed by atoms with Crippen molar-refractivity contribution >= 4 is 15.9 Å². The highest BCUT2D eigenvalue weighted by Gasteiger charge is 2.47. The third-order valence-corrected chi connectivity index (χ3v) is 7.78. The van der Waals surface area contributed by atoms with Crippen LogP contribution in [0.15, 0.2) is 9.42 Å². The van der Waals surface area contributed by atoms with Crippen LogP contribution in [-0.4, -0.2) is 49.1 Å². The summed E-state index contributed by atoms with van der Waals surface area (Å²) in [5, 5.41) is 3.74. The molecule has 1 saturated heterocycles. The Balaban J connectivity index is 1.81. The van der Waals surface area contributed by atoms with Crippen molar-refractivity contribution < 1.29 is 17.7 Å². The molecular formula is C18H30N4O4S. The summed E-state index contributed by atoms with van der Waals surface area (Å²) in [5.74, 6) is 0.532. The Labute approximate surface area is 160 Å². The predicted octanol–water partition coefficient (Wildman–Crippen LogP) is 1.47. The van der Waals surface area contributed by atoms with Crippen molar-refractivity contribution in [2.45, 2.75) is 75.8 Å². The highest BCUT2D eigenvalue weighted by atomic mass is 32.2. The summed E-state index contributed by atoms with van der Waals surface area (Å²) >= 11 is 0. The molecule has 0 aromatic carbocycles. The molecule has 1 saturated carbocycles. The first kappa shape index (κ1) is 20.3. The smallest absolute Gasteiger partial charge is 0.246 e. The number of aromatic nitrogens is 1. The van der Waals surface area contributed by atoms with Gasteiger partial charge in [0, 0.05) is 19.1 Å². The molecule has 1 aliphatic heterocycles. The number of carbonyl (C=O) groups is 1. The molecule has 1 aromatic rings. The standard InChI is InChI=1S/C18H30N4O4S/c1-12(19)15-6-10-22(11-7-15)17(23)18(8-4-5-9-18)21-27(24,25)16-13(2)20-26-14(16)3/h12,15,21H,4-11,19H2,1-3H3. The van der Waals surface area contributed by atoms with Crippen molar-refractivity contribution in [1.82, 2.24) is 14.8 Å². The molecule has 0 radical (unpaired) electrons. The Morgan fingerprint density at radius 2 is 1.89 bits per heavy atom. The topological polar surface area (TPSA) is 119 Å². The highest BCUT2D eigenvalue weighted by molar-refractivity contribution is 7.89. The van der Waals surface area contributed by atoms with E-state index in [1.54, 1.807) is 18.7 Å². The molecule has 8 nitrogen and oxygen atoms in total. The third-order valence-electron chi connectivity index (χ3n) is 6.00. The Kier molecular flexibility index (Phi) is 5.65. The molecule has 1 amide bonds. The lowest BCUT2D eigenvalue weighted by Crippen LogP contribution is -2.59. The summed E-state index contributed by atoms with van der Waals surface area (Å²) in [7, 11) is -3.90. The van der Waals surface area contributed by atoms with Crippen molar-refractivity contribution in [2.24, 2.45) is 11.7 Å². The van der Waals surface area contributed by atoms with Crippen molar-refractivity contribution in [2.75, 3.05) is 13.1 Å². The number of nitrogens with one attached hydrogen (secondary N) is 1. The van der Waals surface area contributed by atoms with E-state index < -0.39 is 15.6 Å². The van der Waals surface area contributed by atoms with Crippen LogP contribution in [0.3, 0.4) is 0 Å². The zero-order valence-electron chi connectivity index (χ0n) is 16.3. The fraction of sp³-hybridized carbons (Fsp3) is 0.778. The first-order valence-corrected chi connectivity index (χ1v) is 11.2. The zero-order valence-corrected chi connectivity index (χ0v) is 17.1. The van der Waals surface area contributed by atoms with E-state index in [1.165, 1.54) is 0 Å². The Morgan fingerprint density at radius 3 is 2.37 bits per heavy atom. The van der Waals surface area contributed by atoms with Gasteiger partial charge >= 0.3 is 0 Å². The minimum Gasteiger partial charge on any atom is -0.360 e. The van der Waals surface area contributed by atoms with Gasteiger partial charge in [0.2, 0.25) is 15.9 Å². The van der Waals surface area contributed by atoms with Crippen LogP contribution in [0.1, 0.15) is 56.9 Å². The van der Waals surface area contributed by atoms with Gasteiger partial charge in [0.15, 0.2) is 5.76 Å². The monoisotopic (exact) mass is 398 g/mol. The number of rotatable bonds is 5. The lowest BCUT2D eigenvalue weighted by molar-refractivity contribution is -0.139. The number of nitrogens with two attached hydrogens (primary N) is 1. The molecule has 1 unspecified atom stereocenters. The molecule has 9 heteroatoms. The molecule has 2 fully saturated rings. The zero-order chi connectivity index (χ0) is 19.8. The molecule has 27 heavy (non-hydrogen) atoms. The first-order chi connectivity index (χ1) is 12.7. The number of aryl methyl sites for hydroxylation is 2. The molecule has 2 aliphatic rings. The van der Waals surface area contributed by atoms with E-state index in [-0.39, 0.29) is 22.6 Å². The Hall–Kier alpha value is -1.45. The van der Waals surface area contributed by atoms with Gasteiger partial charge < -0.3 is 15.2 Å². The summed E-state index contributed by atoms with van der Waals surface area (Å²) in [6.07, 6.45) is 4.40. The highest BCUT2D eigenvalue weighted by Crippen LogP contribution is 2.35. The van der Waals surface area contributed by atoms with E-state index in [1.807, 2.05) is 6.92 Å². The van der Waals surface area contributed by atoms with E-state index in [4.69, 9.17) is 10.3 Å². The lowest BCUT2D eigenvalue weighted by Gasteiger charge is -2.39. The normalized spacial score (nSPS) is 22.1. The number of piperidine rings is 1. The number of hydrogen-bond acceptors (Lipinski definition) is 6. The van der Waals surface area contributed by atoms with Crippen molar-refractivity contribution in [3.05, 3.63) is 11.5 Å². The second-order valence-electron chi connectivity index (χ2n) is 8.04. The molecule has 0 spiro atoms. The number of sulfonamides is 1. The van der Waals surface area contributed by atoms with Gasteiger partial charge in [-0.2, -0.15) is 4.72 Å². The third kappa shape index (κ3) is 3.90. The average molecular weight is 399 g/mol. The van der Waals surface area contributed by atoms with Crippen LogP contribution < -0.4 is 10.5 Å². The lowest BCUT2D eigenvalue weighted by atomic mass is 9.89. The minimum atomic E-state index is -3.90. The molecule has 1 aliphatic carbocycles. The fourth-order valence-electron chi connectivity index (χ4n) is 4.44. The van der Waals surface area contributed by atoms with Crippen LogP contribution in [0, 0.1) is 19.8 Å². The Morgan fingerprint density at radius 1 is 1.30 bits per heavy atom. The molecule has 3 rings (SSSR count). The maximum absolute atomic E-state index is 13.3. The maximum atomic E-state index is 13.3. The number of likely N-dealkylation sites (tertiary alicyclic amines) is 1. The van der Waals surface area contributed by atoms with E-state index in [9.17, 15) is 13.2 Å². The fourth-order valence-corrected chi connectivity index (χ4v) is 6.19. The van der Waals surface area contributed by atoms with Gasteiger partial charge in [0.1, 0.15) is 16.1 Å². The summed E-state index contributed by atoms with van der Waals surface area (Å²) in [4.78, 5) is 15.2. The minimum absolute atomic E-state index is 0.0391. The van der Waals surface area contributed by atoms with Gasteiger partial charge in [-0.25, -0.2) is 8.42 Å². The van der Waals surface area contributed by atoms with Crippen LogP contribution in [-0.2, 0) is 14.8 Å². The van der Waals surface area contributed by atoms with Gasteiger partial charge in [0.05, 0.1) is 0 Å². The van der Waals surface area contributed by atoms with Crippen LogP contribution >= 0.6 is 0 Å². The van der Waals surface area contributed by atoms with Crippen molar-refractivity contribution in [3.63, 3.8) is 0 Å². The second kappa shape index (κ2) is 7.52. The van der Waals surface area contributed by atoms with Gasteiger partial charge in [-0.3, -0.25) is 4.79 Å². The van der Waals surface area contributed by atoms with E-state index in [0.29, 0.717) is 37.5 Å². The SMILES string of the molecule is Cc1noc(C)c1S(=O)(=O)NC1(C(=O)N2CCC(C(C)N)CC2)CCCC1. The van der Waals surface area contributed by atoms with Crippen molar-refractivity contribution in [3.8, 4) is 0 Å². The second-order valence-corrected chi connectivity index (χ2v) is 9.66. The van der Waals surface area contributed by atoms with Crippen LogP contribution in [0.2, 0.25) is 0 Å². The molecule has 0 bridgehead atoms. The summed E-state index contributed by atoms with van der Waals surface area (Å²) in [6, 6.07) is 0.112. The maximum Gasteiger partial charge on any atom is 0.246 e. The average Bonchev–Trinajstić information content (AvgIpc) is 3.21. The number of amides is 1. The van der Waals surface area contributed by atoms with Gasteiger partial charge in [-0.05, 0) is 52.4 Å². The first-order valence-electron chi connectivity index (χ1n) is 9.68. The quantitative estimate of drug-likeness (QED) is 0.775. The molecular weight excluding hydrogens is 368 g/mol. The number of nitrogens with zero attached hydrogens (tertiary/aromatic N) is 2. The van der Waals surface area contributed by atoms with E-state index in [2.05, 4.69) is 9.88 Å². The van der Waals surface area contributed by atoms with Gasteiger partial charge in [-0.15, -0.1) is 0 Å². The van der Waals surface area contributed by atoms with Crippen LogP contribution in [0.25, 0.3) is 0 Å². The molecule has 152 valence electrons. The predicted molar refractivity (Wildman–Crippen MR) is 100 cm³/mol. The summed E-state index contributed by atoms with van der Waals surface area (Å²) < 4.78 is 33.8. The Bertz CT molecular complexity index is 769. The molecule has 2 heterocycles. The largest absolute Gasteiger partial charge is 0.360 e. The van der Waals surface area contributed by atoms with E-state index >= 15 is 0 Å². The molecule has 1 atom stereocenters. The van der Waals surface area contributed by atoms with Gasteiger partial charge in [-0.1, -0.05) is 18.0 Å². The number of carbonyl (C=O) groups excluding carboxylic acids is 1. The van der Waals surface area contributed by atoms with E-state index in [0.717, 1.165) is 25.7 Å². The molecule has 3 N–H and O–H groups in total. The van der Waals surface area contributed by atoms with Crippen molar-refractivity contribution in [1.29, 1.82) is 0 Å². The number of hydrogen-bond donors (Lipinski definition) is 2. The summed E-state index contributed by atoms with van der Waals surface area (Å²) in [6.45, 7) is 6.40. The summed E-state index contributed by atoms with van der Waals surface area (Å²) in [5.41, 5.74) is 5.22. The van der Waals surface area contributed by atoms with Crippen LogP contribution in [0.4, 0.5) is 0 Å². The molecule has 1 aromatic heterocycles. The van der Waals surface area contributed by atoms with Gasteiger partial charge in [0.25, 0.3) is 0 Å².